The molecule has 1 atom stereocenters. The number of hydrogen-bond donors (Lipinski definition) is 3. The number of nitrogen functional groups attached to an aromatic ring is 1. The molecule has 0 amide bonds. The minimum Gasteiger partial charge on any atom is -0.506 e. The highest BCUT2D eigenvalue weighted by molar-refractivity contribution is 6.33. The van der Waals surface area contributed by atoms with E-state index in [2.05, 4.69) is 0 Å². The fourth-order valence-electron chi connectivity index (χ4n) is 2.21. The molecule has 118 valence electrons. The van der Waals surface area contributed by atoms with Crippen molar-refractivity contribution in [2.24, 2.45) is 0 Å². The van der Waals surface area contributed by atoms with Crippen molar-refractivity contribution in [1.82, 2.24) is 0 Å². The summed E-state index contributed by atoms with van der Waals surface area (Å²) in [4.78, 5) is 0. The van der Waals surface area contributed by atoms with Crippen molar-refractivity contribution in [3.63, 3.8) is 0 Å². The molecule has 0 heterocycles. The molecule has 2 aromatic rings. The van der Waals surface area contributed by atoms with Crippen molar-refractivity contribution in [3.05, 3.63) is 57.3 Å². The largest absolute Gasteiger partial charge is 0.506 e. The summed E-state index contributed by atoms with van der Waals surface area (Å²) in [5.41, 5.74) is 6.90. The summed E-state index contributed by atoms with van der Waals surface area (Å²) in [6.07, 6.45) is 0.651. The molecule has 0 radical (unpaired) electrons. The van der Waals surface area contributed by atoms with Crippen molar-refractivity contribution < 1.29 is 14.6 Å². The van der Waals surface area contributed by atoms with Crippen LogP contribution in [0, 0.1) is 5.82 Å². The van der Waals surface area contributed by atoms with Crippen LogP contribution in [-0.2, 0) is 6.42 Å². The Labute approximate surface area is 138 Å². The number of phenolic OH excluding ortho intramolecular Hbond substituents is 1. The lowest BCUT2D eigenvalue weighted by Crippen LogP contribution is -2.03. The van der Waals surface area contributed by atoms with E-state index in [1.165, 1.54) is 6.07 Å². The molecular formula is C16H16Cl2FNO2. The summed E-state index contributed by atoms with van der Waals surface area (Å²) in [5.74, 6) is -0.549. The molecule has 0 aliphatic heterocycles. The third-order valence-electron chi connectivity index (χ3n) is 3.43. The number of halogens is 3. The number of phenols is 1. The van der Waals surface area contributed by atoms with Crippen LogP contribution < -0.4 is 5.73 Å². The average molecular weight is 344 g/mol. The van der Waals surface area contributed by atoms with Gasteiger partial charge in [0.05, 0.1) is 21.8 Å². The van der Waals surface area contributed by atoms with Gasteiger partial charge in [0.25, 0.3) is 0 Å². The highest BCUT2D eigenvalue weighted by Gasteiger charge is 2.15. The number of nitrogens with two attached hydrogens (primary N) is 1. The predicted octanol–water partition coefficient (Wildman–Crippen LogP) is 4.48. The van der Waals surface area contributed by atoms with Gasteiger partial charge in [-0.1, -0.05) is 29.3 Å². The van der Waals surface area contributed by atoms with Gasteiger partial charge in [-0.25, -0.2) is 4.39 Å². The second kappa shape index (κ2) is 7.18. The van der Waals surface area contributed by atoms with E-state index in [-0.39, 0.29) is 22.0 Å². The Morgan fingerprint density at radius 2 is 1.86 bits per heavy atom. The van der Waals surface area contributed by atoms with Crippen molar-refractivity contribution >= 4 is 28.9 Å². The lowest BCUT2D eigenvalue weighted by molar-refractivity contribution is 0.160. The first-order valence-corrected chi connectivity index (χ1v) is 7.54. The maximum absolute atomic E-state index is 13.8. The number of aliphatic hydroxyl groups is 1. The van der Waals surface area contributed by atoms with Crippen LogP contribution in [0.2, 0.25) is 10.0 Å². The molecule has 0 aliphatic rings. The van der Waals surface area contributed by atoms with E-state index in [4.69, 9.17) is 28.9 Å². The zero-order valence-corrected chi connectivity index (χ0v) is 13.2. The monoisotopic (exact) mass is 343 g/mol. The van der Waals surface area contributed by atoms with Gasteiger partial charge in [0.1, 0.15) is 11.6 Å². The van der Waals surface area contributed by atoms with Gasteiger partial charge in [0.2, 0.25) is 0 Å². The van der Waals surface area contributed by atoms with E-state index in [1.807, 2.05) is 0 Å². The van der Waals surface area contributed by atoms with E-state index in [9.17, 15) is 14.6 Å². The standard InChI is InChI=1S/C16H16Cl2FNO2/c17-11-5-4-9(6-16(11)22)2-1-3-15(21)10-7-14(20)12(18)8-13(10)19/h4-8,15,21-22H,1-3,20H2. The van der Waals surface area contributed by atoms with Crippen LogP contribution >= 0.6 is 23.2 Å². The van der Waals surface area contributed by atoms with Crippen LogP contribution in [0.5, 0.6) is 5.75 Å². The van der Waals surface area contributed by atoms with E-state index in [0.29, 0.717) is 24.3 Å². The lowest BCUT2D eigenvalue weighted by Gasteiger charge is -2.13. The van der Waals surface area contributed by atoms with E-state index >= 15 is 0 Å². The van der Waals surface area contributed by atoms with E-state index in [0.717, 1.165) is 11.6 Å². The van der Waals surface area contributed by atoms with Gasteiger partial charge >= 0.3 is 0 Å². The first-order chi connectivity index (χ1) is 10.4. The lowest BCUT2D eigenvalue weighted by atomic mass is 10.0. The summed E-state index contributed by atoms with van der Waals surface area (Å²) in [7, 11) is 0. The molecule has 0 aliphatic carbocycles. The minimum absolute atomic E-state index is 0.0243. The van der Waals surface area contributed by atoms with E-state index < -0.39 is 11.9 Å². The fraction of sp³-hybridized carbons (Fsp3) is 0.250. The van der Waals surface area contributed by atoms with Gasteiger partial charge in [-0.3, -0.25) is 0 Å². The van der Waals surface area contributed by atoms with E-state index in [1.54, 1.807) is 18.2 Å². The van der Waals surface area contributed by atoms with Crippen LogP contribution in [0.25, 0.3) is 0 Å². The minimum atomic E-state index is -0.958. The topological polar surface area (TPSA) is 66.5 Å². The highest BCUT2D eigenvalue weighted by atomic mass is 35.5. The van der Waals surface area contributed by atoms with Gasteiger partial charge in [-0.2, -0.15) is 0 Å². The first kappa shape index (κ1) is 16.9. The Morgan fingerprint density at radius 3 is 2.55 bits per heavy atom. The Hall–Kier alpha value is -1.49. The molecule has 0 saturated carbocycles. The quantitative estimate of drug-likeness (QED) is 0.701. The van der Waals surface area contributed by atoms with Crippen molar-refractivity contribution in [2.75, 3.05) is 5.73 Å². The molecule has 2 aromatic carbocycles. The van der Waals surface area contributed by atoms with Gasteiger partial charge < -0.3 is 15.9 Å². The molecule has 22 heavy (non-hydrogen) atoms. The summed E-state index contributed by atoms with van der Waals surface area (Å²) in [6.45, 7) is 0. The van der Waals surface area contributed by atoms with Gasteiger partial charge in [-0.15, -0.1) is 0 Å². The molecule has 3 nitrogen and oxygen atoms in total. The molecule has 4 N–H and O–H groups in total. The number of aromatic hydroxyl groups is 1. The highest BCUT2D eigenvalue weighted by Crippen LogP contribution is 2.29. The number of hydrogen-bond acceptors (Lipinski definition) is 3. The molecule has 0 bridgehead atoms. The summed E-state index contributed by atoms with van der Waals surface area (Å²) in [5, 5.41) is 20.0. The molecule has 2 rings (SSSR count). The number of benzene rings is 2. The molecule has 0 fully saturated rings. The number of aryl methyl sites for hydroxylation is 1. The summed E-state index contributed by atoms with van der Waals surface area (Å²) in [6, 6.07) is 7.45. The van der Waals surface area contributed by atoms with Crippen LogP contribution in [-0.4, -0.2) is 10.2 Å². The average Bonchev–Trinajstić information content (AvgIpc) is 2.46. The van der Waals surface area contributed by atoms with Gasteiger partial charge in [0.15, 0.2) is 0 Å². The number of aliphatic hydroxyl groups excluding tert-OH is 1. The Morgan fingerprint density at radius 1 is 1.14 bits per heavy atom. The molecule has 1 unspecified atom stereocenters. The van der Waals surface area contributed by atoms with Crippen molar-refractivity contribution in [1.29, 1.82) is 0 Å². The molecule has 0 spiro atoms. The molecule has 0 aromatic heterocycles. The molecule has 0 saturated heterocycles. The van der Waals surface area contributed by atoms with Crippen LogP contribution in [0.15, 0.2) is 30.3 Å². The third kappa shape index (κ3) is 4.03. The number of rotatable bonds is 5. The number of anilines is 1. The normalized spacial score (nSPS) is 12.4. The fourth-order valence-corrected chi connectivity index (χ4v) is 2.48. The zero-order valence-electron chi connectivity index (χ0n) is 11.7. The second-order valence-corrected chi connectivity index (χ2v) is 5.90. The van der Waals surface area contributed by atoms with Crippen LogP contribution in [0.3, 0.4) is 0 Å². The maximum Gasteiger partial charge on any atom is 0.134 e. The Bertz CT molecular complexity index is 679. The van der Waals surface area contributed by atoms with Crippen LogP contribution in [0.1, 0.15) is 30.1 Å². The Balaban J connectivity index is 1.96. The summed E-state index contributed by atoms with van der Waals surface area (Å²) >= 11 is 11.5. The second-order valence-electron chi connectivity index (χ2n) is 5.09. The van der Waals surface area contributed by atoms with Crippen molar-refractivity contribution in [2.45, 2.75) is 25.4 Å². The first-order valence-electron chi connectivity index (χ1n) is 6.78. The van der Waals surface area contributed by atoms with Gasteiger partial charge in [0, 0.05) is 5.56 Å². The van der Waals surface area contributed by atoms with Crippen LogP contribution in [0.4, 0.5) is 10.1 Å². The third-order valence-corrected chi connectivity index (χ3v) is 4.08. The SMILES string of the molecule is Nc1cc(C(O)CCCc2ccc(Cl)c(O)c2)c(F)cc1Cl. The molecular weight excluding hydrogens is 328 g/mol. The van der Waals surface area contributed by atoms with Crippen molar-refractivity contribution in [3.8, 4) is 5.75 Å². The Kier molecular flexibility index (Phi) is 5.51. The smallest absolute Gasteiger partial charge is 0.134 e. The predicted molar refractivity (Wildman–Crippen MR) is 86.8 cm³/mol. The molecule has 6 heteroatoms. The maximum atomic E-state index is 13.8. The van der Waals surface area contributed by atoms with Gasteiger partial charge in [-0.05, 0) is 49.1 Å². The zero-order chi connectivity index (χ0) is 16.3. The summed E-state index contributed by atoms with van der Waals surface area (Å²) < 4.78 is 13.8.